The third-order valence-electron chi connectivity index (χ3n) is 5.17. The number of benzene rings is 1. The number of ether oxygens (including phenoxy) is 2. The molecule has 1 aromatic carbocycles. The molecule has 0 radical (unpaired) electrons. The topological polar surface area (TPSA) is 91.4 Å². The number of methoxy groups -OCH3 is 1. The van der Waals surface area contributed by atoms with Crippen molar-refractivity contribution in [2.45, 2.75) is 13.2 Å². The first-order valence-corrected chi connectivity index (χ1v) is 10.3. The second-order valence-electron chi connectivity index (χ2n) is 7.31. The number of fused-ring (bicyclic) bond motifs is 2. The lowest BCUT2D eigenvalue weighted by molar-refractivity contribution is 0.0621. The van der Waals surface area contributed by atoms with E-state index in [4.69, 9.17) is 9.47 Å². The van der Waals surface area contributed by atoms with Crippen LogP contribution in [0.1, 0.15) is 11.3 Å². The van der Waals surface area contributed by atoms with Crippen LogP contribution in [0.25, 0.3) is 16.4 Å². The molecule has 32 heavy (non-hydrogen) atoms. The Morgan fingerprint density at radius 2 is 2.00 bits per heavy atom. The van der Waals surface area contributed by atoms with Crippen LogP contribution in [0.15, 0.2) is 67.4 Å². The van der Waals surface area contributed by atoms with Crippen LogP contribution in [0.5, 0.6) is 0 Å². The lowest BCUT2D eigenvalue weighted by Gasteiger charge is -2.10. The molecule has 0 fully saturated rings. The van der Waals surface area contributed by atoms with Gasteiger partial charge in [-0.25, -0.2) is 9.50 Å². The number of aromatic nitrogens is 6. The molecule has 9 nitrogen and oxygen atoms in total. The third kappa shape index (κ3) is 4.16. The number of hydrogen-bond acceptors (Lipinski definition) is 7. The van der Waals surface area contributed by atoms with Crippen LogP contribution in [-0.4, -0.2) is 49.7 Å². The fraction of sp³-hybridized carbons (Fsp3) is 0.217. The van der Waals surface area contributed by atoms with E-state index in [0.29, 0.717) is 26.4 Å². The fourth-order valence-electron chi connectivity index (χ4n) is 3.62. The highest BCUT2D eigenvalue weighted by Crippen LogP contribution is 2.26. The van der Waals surface area contributed by atoms with Gasteiger partial charge in [-0.1, -0.05) is 6.07 Å². The summed E-state index contributed by atoms with van der Waals surface area (Å²) in [4.78, 5) is 8.86. The number of nitrogens with zero attached hydrogens (tertiary/aromatic N) is 6. The number of hydrogen-bond donors (Lipinski definition) is 1. The Labute approximate surface area is 184 Å². The van der Waals surface area contributed by atoms with E-state index in [0.717, 1.165) is 39.2 Å². The molecule has 0 bridgehead atoms. The Morgan fingerprint density at radius 1 is 1.03 bits per heavy atom. The van der Waals surface area contributed by atoms with Crippen LogP contribution in [-0.2, 0) is 22.6 Å². The predicted octanol–water partition coefficient (Wildman–Crippen LogP) is 3.43. The zero-order valence-corrected chi connectivity index (χ0v) is 17.7. The van der Waals surface area contributed by atoms with Gasteiger partial charge in [-0.2, -0.15) is 10.2 Å². The molecule has 0 saturated heterocycles. The van der Waals surface area contributed by atoms with E-state index in [1.807, 2.05) is 47.4 Å². The van der Waals surface area contributed by atoms with Crippen molar-refractivity contribution in [1.29, 1.82) is 0 Å². The van der Waals surface area contributed by atoms with Crippen molar-refractivity contribution < 1.29 is 9.47 Å². The Bertz CT molecular complexity index is 1330. The Balaban J connectivity index is 1.39. The molecule has 0 aliphatic heterocycles. The molecule has 0 saturated carbocycles. The van der Waals surface area contributed by atoms with Crippen molar-refractivity contribution >= 4 is 27.9 Å². The van der Waals surface area contributed by atoms with Crippen LogP contribution in [0.4, 0.5) is 11.5 Å². The summed E-state index contributed by atoms with van der Waals surface area (Å²) >= 11 is 0. The van der Waals surface area contributed by atoms with Crippen LogP contribution in [0, 0.1) is 0 Å². The molecule has 0 aliphatic rings. The molecular formula is C23H23N7O2. The normalized spacial score (nSPS) is 11.4. The largest absolute Gasteiger partial charge is 0.382 e. The van der Waals surface area contributed by atoms with E-state index < -0.39 is 0 Å². The maximum atomic E-state index is 5.70. The second-order valence-corrected chi connectivity index (χ2v) is 7.31. The molecule has 5 aromatic rings. The number of nitrogens with one attached hydrogen (secondary N) is 1. The minimum atomic E-state index is 0.460. The molecule has 0 atom stereocenters. The van der Waals surface area contributed by atoms with E-state index >= 15 is 0 Å². The van der Waals surface area contributed by atoms with E-state index in [-0.39, 0.29) is 0 Å². The van der Waals surface area contributed by atoms with E-state index in [1.54, 1.807) is 17.8 Å². The van der Waals surface area contributed by atoms with Crippen LogP contribution in [0.2, 0.25) is 0 Å². The maximum absolute atomic E-state index is 5.70. The molecule has 0 aliphatic carbocycles. The first-order valence-electron chi connectivity index (χ1n) is 10.3. The lowest BCUT2D eigenvalue weighted by Crippen LogP contribution is -2.04. The van der Waals surface area contributed by atoms with Crippen molar-refractivity contribution in [3.63, 3.8) is 0 Å². The fourth-order valence-corrected chi connectivity index (χ4v) is 3.62. The first kappa shape index (κ1) is 20.1. The van der Waals surface area contributed by atoms with Gasteiger partial charge in [-0.3, -0.25) is 9.67 Å². The second kappa shape index (κ2) is 9.13. The Morgan fingerprint density at radius 3 is 2.88 bits per heavy atom. The summed E-state index contributed by atoms with van der Waals surface area (Å²) in [5.74, 6) is 0.718. The van der Waals surface area contributed by atoms with Gasteiger partial charge in [0.1, 0.15) is 11.8 Å². The zero-order valence-electron chi connectivity index (χ0n) is 17.7. The molecule has 4 aromatic heterocycles. The van der Waals surface area contributed by atoms with E-state index in [9.17, 15) is 0 Å². The van der Waals surface area contributed by atoms with Crippen molar-refractivity contribution in [3.05, 3.63) is 78.6 Å². The third-order valence-corrected chi connectivity index (χ3v) is 5.17. The van der Waals surface area contributed by atoms with Crippen molar-refractivity contribution in [3.8, 4) is 0 Å². The molecule has 0 spiro atoms. The summed E-state index contributed by atoms with van der Waals surface area (Å²) in [5, 5.41) is 13.3. The number of pyridine rings is 1. The van der Waals surface area contributed by atoms with Gasteiger partial charge in [0.25, 0.3) is 0 Å². The number of anilines is 2. The van der Waals surface area contributed by atoms with Gasteiger partial charge in [-0.15, -0.1) is 0 Å². The molecule has 162 valence electrons. The summed E-state index contributed by atoms with van der Waals surface area (Å²) in [7, 11) is 1.66. The summed E-state index contributed by atoms with van der Waals surface area (Å²) < 4.78 is 14.5. The zero-order chi connectivity index (χ0) is 21.8. The summed E-state index contributed by atoms with van der Waals surface area (Å²) in [6.45, 7) is 2.17. The van der Waals surface area contributed by atoms with E-state index in [1.165, 1.54) is 6.33 Å². The van der Waals surface area contributed by atoms with Crippen molar-refractivity contribution in [2.75, 3.05) is 25.6 Å². The van der Waals surface area contributed by atoms with Crippen LogP contribution < -0.4 is 5.32 Å². The summed E-state index contributed by atoms with van der Waals surface area (Å²) in [6.07, 6.45) is 7.10. The molecule has 5 rings (SSSR count). The first-order chi connectivity index (χ1) is 15.8. The Hall–Kier alpha value is -3.82. The van der Waals surface area contributed by atoms with Gasteiger partial charge in [0.2, 0.25) is 0 Å². The van der Waals surface area contributed by atoms with Gasteiger partial charge >= 0.3 is 0 Å². The van der Waals surface area contributed by atoms with Crippen molar-refractivity contribution in [1.82, 2.24) is 29.4 Å². The molecule has 9 heteroatoms. The van der Waals surface area contributed by atoms with Crippen LogP contribution in [0.3, 0.4) is 0 Å². The van der Waals surface area contributed by atoms with Gasteiger partial charge in [-0.05, 0) is 36.4 Å². The minimum absolute atomic E-state index is 0.460. The highest BCUT2D eigenvalue weighted by molar-refractivity contribution is 5.85. The molecule has 1 N–H and O–H groups in total. The molecule has 0 amide bonds. The average molecular weight is 429 g/mol. The Kier molecular flexibility index (Phi) is 5.73. The maximum Gasteiger partial charge on any atom is 0.158 e. The summed E-state index contributed by atoms with van der Waals surface area (Å²) in [6, 6.07) is 14.0. The smallest absolute Gasteiger partial charge is 0.158 e. The quantitative estimate of drug-likeness (QED) is 0.359. The highest BCUT2D eigenvalue weighted by atomic mass is 16.5. The van der Waals surface area contributed by atoms with Gasteiger partial charge in [0.05, 0.1) is 43.8 Å². The van der Waals surface area contributed by atoms with Gasteiger partial charge < -0.3 is 14.8 Å². The van der Waals surface area contributed by atoms with Crippen molar-refractivity contribution in [2.24, 2.45) is 0 Å². The molecular weight excluding hydrogens is 406 g/mol. The van der Waals surface area contributed by atoms with Crippen LogP contribution >= 0.6 is 0 Å². The monoisotopic (exact) mass is 429 g/mol. The highest BCUT2D eigenvalue weighted by Gasteiger charge is 2.12. The minimum Gasteiger partial charge on any atom is -0.382 e. The molecule has 0 unspecified atom stereocenters. The standard InChI is InChI=1S/C23H23N7O2/c1-31-10-11-32-15-17-7-9-29-22(17)23(25-16-27-29)28-19-5-6-21-18(12-19)13-26-30(21)14-20-4-2-3-8-24-20/h2-9,12-13,16H,10-11,14-15H2,1H3,(H,25,27,28). The molecule has 4 heterocycles. The average Bonchev–Trinajstić information content (AvgIpc) is 3.42. The summed E-state index contributed by atoms with van der Waals surface area (Å²) in [5.41, 5.74) is 4.83. The van der Waals surface area contributed by atoms with E-state index in [2.05, 4.69) is 37.6 Å². The lowest BCUT2D eigenvalue weighted by atomic mass is 10.2. The predicted molar refractivity (Wildman–Crippen MR) is 121 cm³/mol. The SMILES string of the molecule is COCCOCc1ccn2ncnc(Nc3ccc4c(cnn4Cc4ccccn4)c3)c12. The van der Waals surface area contributed by atoms with Gasteiger partial charge in [0.15, 0.2) is 5.82 Å². The van der Waals surface area contributed by atoms with Gasteiger partial charge in [0, 0.05) is 36.1 Å². The number of rotatable bonds is 9.